The molecule has 0 radical (unpaired) electrons. The minimum Gasteiger partial charge on any atom is -0.456 e. The van der Waals surface area contributed by atoms with Gasteiger partial charge in [0.1, 0.15) is 11.2 Å². The van der Waals surface area contributed by atoms with Crippen LogP contribution in [0.1, 0.15) is 22.3 Å². The summed E-state index contributed by atoms with van der Waals surface area (Å²) in [6.45, 7) is 0. The lowest BCUT2D eigenvalue weighted by atomic mass is 9.67. The van der Waals surface area contributed by atoms with Crippen molar-refractivity contribution in [3.63, 3.8) is 0 Å². The van der Waals surface area contributed by atoms with Gasteiger partial charge in [-0.05, 0) is 97.9 Å². The van der Waals surface area contributed by atoms with Crippen molar-refractivity contribution in [2.24, 2.45) is 0 Å². The molecular formula is C59H39NO. The quantitative estimate of drug-likeness (QED) is 0.160. The Hall–Kier alpha value is -7.94. The fourth-order valence-electron chi connectivity index (χ4n) is 10.1. The van der Waals surface area contributed by atoms with Gasteiger partial charge in [-0.15, -0.1) is 0 Å². The molecule has 1 aromatic heterocycles. The van der Waals surface area contributed by atoms with Crippen LogP contribution in [0.3, 0.4) is 0 Å². The van der Waals surface area contributed by atoms with E-state index in [-0.39, 0.29) is 0 Å². The molecule has 61 heavy (non-hydrogen) atoms. The average molecular weight is 778 g/mol. The van der Waals surface area contributed by atoms with Crippen LogP contribution < -0.4 is 4.90 Å². The van der Waals surface area contributed by atoms with Crippen molar-refractivity contribution in [3.8, 4) is 33.4 Å². The van der Waals surface area contributed by atoms with Gasteiger partial charge < -0.3 is 9.32 Å². The van der Waals surface area contributed by atoms with Crippen LogP contribution in [0, 0.1) is 0 Å². The number of furan rings is 1. The first kappa shape index (κ1) is 35.0. The normalized spacial score (nSPS) is 12.7. The lowest BCUT2D eigenvalue weighted by molar-refractivity contribution is 0.669. The smallest absolute Gasteiger partial charge is 0.135 e. The van der Waals surface area contributed by atoms with Gasteiger partial charge in [-0.3, -0.25) is 0 Å². The molecular weight excluding hydrogens is 739 g/mol. The second kappa shape index (κ2) is 14.1. The topological polar surface area (TPSA) is 16.4 Å². The lowest BCUT2D eigenvalue weighted by Crippen LogP contribution is -2.28. The van der Waals surface area contributed by atoms with Crippen LogP contribution in [0.2, 0.25) is 0 Å². The van der Waals surface area contributed by atoms with Crippen molar-refractivity contribution < 1.29 is 4.42 Å². The maximum atomic E-state index is 6.25. The van der Waals surface area contributed by atoms with Gasteiger partial charge in [-0.1, -0.05) is 194 Å². The largest absolute Gasteiger partial charge is 0.456 e. The number of nitrogens with zero attached hydrogens (tertiary/aromatic N) is 1. The molecule has 0 aliphatic heterocycles. The number of para-hydroxylation sites is 2. The fourth-order valence-corrected chi connectivity index (χ4v) is 10.1. The zero-order valence-corrected chi connectivity index (χ0v) is 33.4. The molecule has 1 aliphatic carbocycles. The summed E-state index contributed by atoms with van der Waals surface area (Å²) in [5, 5.41) is 4.63. The average Bonchev–Trinajstić information content (AvgIpc) is 3.86. The van der Waals surface area contributed by atoms with Gasteiger partial charge in [-0.2, -0.15) is 0 Å². The van der Waals surface area contributed by atoms with Crippen LogP contribution in [0.25, 0.3) is 66.1 Å². The molecule has 1 heterocycles. The van der Waals surface area contributed by atoms with Crippen LogP contribution in [-0.4, -0.2) is 0 Å². The molecule has 0 N–H and O–H groups in total. The molecule has 2 heteroatoms. The Kier molecular flexibility index (Phi) is 8.11. The molecule has 0 fully saturated rings. The summed E-state index contributed by atoms with van der Waals surface area (Å²) in [7, 11) is 0. The molecule has 12 rings (SSSR count). The summed E-state index contributed by atoms with van der Waals surface area (Å²) >= 11 is 0. The molecule has 0 atom stereocenters. The first-order valence-electron chi connectivity index (χ1n) is 21.0. The highest BCUT2D eigenvalue weighted by Crippen LogP contribution is 2.58. The van der Waals surface area contributed by atoms with Crippen molar-refractivity contribution in [1.29, 1.82) is 0 Å². The van der Waals surface area contributed by atoms with E-state index in [1.165, 1.54) is 55.3 Å². The van der Waals surface area contributed by atoms with Crippen molar-refractivity contribution in [1.82, 2.24) is 0 Å². The van der Waals surface area contributed by atoms with Crippen LogP contribution >= 0.6 is 0 Å². The maximum absolute atomic E-state index is 6.25. The second-order valence-corrected chi connectivity index (χ2v) is 16.0. The maximum Gasteiger partial charge on any atom is 0.135 e. The van der Waals surface area contributed by atoms with Crippen LogP contribution in [-0.2, 0) is 5.41 Å². The molecule has 0 saturated carbocycles. The van der Waals surface area contributed by atoms with E-state index in [9.17, 15) is 0 Å². The van der Waals surface area contributed by atoms with Crippen molar-refractivity contribution >= 4 is 49.8 Å². The molecule has 0 unspecified atom stereocenters. The zero-order valence-electron chi connectivity index (χ0n) is 33.4. The van der Waals surface area contributed by atoms with E-state index in [0.29, 0.717) is 0 Å². The van der Waals surface area contributed by atoms with Crippen LogP contribution in [0.4, 0.5) is 17.1 Å². The summed E-state index contributed by atoms with van der Waals surface area (Å²) in [6.07, 6.45) is 0. The van der Waals surface area contributed by atoms with E-state index in [4.69, 9.17) is 4.42 Å². The van der Waals surface area contributed by atoms with Crippen molar-refractivity contribution in [2.45, 2.75) is 5.41 Å². The Balaban J connectivity index is 1.04. The van der Waals surface area contributed by atoms with Crippen molar-refractivity contribution in [2.75, 3.05) is 4.90 Å². The van der Waals surface area contributed by atoms with Crippen LogP contribution in [0.15, 0.2) is 241 Å². The minimum atomic E-state index is -0.453. The predicted molar refractivity (Wildman–Crippen MR) is 254 cm³/mol. The highest BCUT2D eigenvalue weighted by atomic mass is 16.3. The van der Waals surface area contributed by atoms with E-state index >= 15 is 0 Å². The Morgan fingerprint density at radius 3 is 1.70 bits per heavy atom. The molecule has 11 aromatic rings. The summed E-state index contributed by atoms with van der Waals surface area (Å²) in [5.41, 5.74) is 17.0. The molecule has 0 amide bonds. The third-order valence-electron chi connectivity index (χ3n) is 12.8. The van der Waals surface area contributed by atoms with Gasteiger partial charge in [0.25, 0.3) is 0 Å². The minimum absolute atomic E-state index is 0.453. The summed E-state index contributed by atoms with van der Waals surface area (Å²) in [6, 6.07) is 86.1. The highest BCUT2D eigenvalue weighted by Gasteiger charge is 2.46. The molecule has 0 spiro atoms. The third-order valence-corrected chi connectivity index (χ3v) is 12.8. The SMILES string of the molecule is c1ccc(C2(c3ccccc3)c3ccccc3-c3c(-c4ccc(N(c5ccccc5-c5ccc6oc7ccccc7c6c5)c5cccc6ccccc56)cc4)cccc32)cc1. The first-order chi connectivity index (χ1) is 30.3. The molecule has 0 bridgehead atoms. The van der Waals surface area contributed by atoms with Gasteiger partial charge in [0.2, 0.25) is 0 Å². The lowest BCUT2D eigenvalue weighted by Gasteiger charge is -2.34. The van der Waals surface area contributed by atoms with Crippen molar-refractivity contribution in [3.05, 3.63) is 259 Å². The number of anilines is 3. The molecule has 286 valence electrons. The van der Waals surface area contributed by atoms with Gasteiger partial charge in [0.15, 0.2) is 0 Å². The van der Waals surface area contributed by atoms with E-state index in [1.807, 2.05) is 12.1 Å². The van der Waals surface area contributed by atoms with Gasteiger partial charge in [-0.25, -0.2) is 0 Å². The molecule has 2 nitrogen and oxygen atoms in total. The van der Waals surface area contributed by atoms with E-state index in [2.05, 4.69) is 229 Å². The Labute approximate surface area is 355 Å². The monoisotopic (exact) mass is 777 g/mol. The third kappa shape index (κ3) is 5.43. The van der Waals surface area contributed by atoms with E-state index < -0.39 is 5.41 Å². The standard InChI is InChI=1S/C59H39NO/c1-3-19-43(20-4-1)59(44-21-5-2-6-22-44)52-28-12-9-26-50(52)58-48(27-16-29-53(58)59)41-33-36-45(37-34-41)60(55-31-15-18-40-17-7-8-23-46(40)55)54-30-13-10-24-47(54)42-35-38-57-51(39-42)49-25-11-14-32-56(49)61-57/h1-39H. The Morgan fingerprint density at radius 2 is 0.902 bits per heavy atom. The predicted octanol–water partition coefficient (Wildman–Crippen LogP) is 15.9. The van der Waals surface area contributed by atoms with Gasteiger partial charge in [0.05, 0.1) is 16.8 Å². The first-order valence-corrected chi connectivity index (χ1v) is 21.0. The Bertz CT molecular complexity index is 3370. The Morgan fingerprint density at radius 1 is 0.344 bits per heavy atom. The van der Waals surface area contributed by atoms with Gasteiger partial charge in [0, 0.05) is 27.4 Å². The number of benzene rings is 10. The zero-order chi connectivity index (χ0) is 40.3. The summed E-state index contributed by atoms with van der Waals surface area (Å²) in [5.74, 6) is 0. The number of rotatable bonds is 7. The fraction of sp³-hybridized carbons (Fsp3) is 0.0169. The molecule has 10 aromatic carbocycles. The summed E-state index contributed by atoms with van der Waals surface area (Å²) in [4.78, 5) is 2.43. The number of hydrogen-bond acceptors (Lipinski definition) is 2. The number of fused-ring (bicyclic) bond motifs is 7. The second-order valence-electron chi connectivity index (χ2n) is 16.0. The highest BCUT2D eigenvalue weighted by molar-refractivity contribution is 6.07. The van der Waals surface area contributed by atoms with Gasteiger partial charge >= 0.3 is 0 Å². The molecule has 0 saturated heterocycles. The number of hydrogen-bond donors (Lipinski definition) is 0. The molecule has 1 aliphatic rings. The van der Waals surface area contributed by atoms with Crippen LogP contribution in [0.5, 0.6) is 0 Å². The summed E-state index contributed by atoms with van der Waals surface area (Å²) < 4.78 is 6.25. The van der Waals surface area contributed by atoms with E-state index in [1.54, 1.807) is 0 Å². The van der Waals surface area contributed by atoms with E-state index in [0.717, 1.165) is 50.1 Å².